The lowest BCUT2D eigenvalue weighted by Gasteiger charge is -2.26. The molecule has 2 saturated heterocycles. The molecule has 0 radical (unpaired) electrons. The number of hydrogen-bond acceptors (Lipinski definition) is 7. The summed E-state index contributed by atoms with van der Waals surface area (Å²) < 4.78 is -0.254. The number of carbonyl (C=O) groups is 4. The summed E-state index contributed by atoms with van der Waals surface area (Å²) in [5.74, 6) is 0.0321. The van der Waals surface area contributed by atoms with Gasteiger partial charge in [-0.15, -0.1) is 23.5 Å². The number of aliphatic carboxylic acids is 1. The van der Waals surface area contributed by atoms with Crippen molar-refractivity contribution in [3.63, 3.8) is 0 Å². The number of hydrogen-bond donors (Lipinski definition) is 2. The van der Waals surface area contributed by atoms with Crippen LogP contribution >= 0.6 is 23.5 Å². The van der Waals surface area contributed by atoms with Crippen LogP contribution in [-0.2, 0) is 20.8 Å². The smallest absolute Gasteiger partial charge is 0.326 e. The summed E-state index contributed by atoms with van der Waals surface area (Å²) in [7, 11) is 1.66. The number of thioether (sulfide) groups is 2. The fourth-order valence-corrected chi connectivity index (χ4v) is 7.96. The van der Waals surface area contributed by atoms with Crippen LogP contribution in [0.25, 0.3) is 0 Å². The van der Waals surface area contributed by atoms with Gasteiger partial charge in [0.15, 0.2) is 5.78 Å². The van der Waals surface area contributed by atoms with Crippen molar-refractivity contribution >= 4 is 47.1 Å². The Bertz CT molecular complexity index is 1130. The zero-order valence-electron chi connectivity index (χ0n) is 20.7. The van der Waals surface area contributed by atoms with Crippen LogP contribution in [0.15, 0.2) is 60.7 Å². The Morgan fingerprint density at radius 1 is 1.03 bits per heavy atom. The Balaban J connectivity index is 1.41. The second kappa shape index (κ2) is 12.1. The van der Waals surface area contributed by atoms with Crippen LogP contribution in [0.1, 0.15) is 22.3 Å². The molecule has 4 rings (SSSR count). The molecule has 2 amide bonds. The molecule has 37 heavy (non-hydrogen) atoms. The van der Waals surface area contributed by atoms with Crippen molar-refractivity contribution in [1.82, 2.24) is 15.1 Å². The van der Waals surface area contributed by atoms with E-state index in [2.05, 4.69) is 5.32 Å². The molecule has 1 spiro atoms. The van der Waals surface area contributed by atoms with Crippen molar-refractivity contribution in [2.24, 2.45) is 0 Å². The molecular weight excluding hydrogens is 510 g/mol. The van der Waals surface area contributed by atoms with Gasteiger partial charge in [-0.3, -0.25) is 19.3 Å². The SMILES string of the molecule is CN(CC(=O)C(Cc1ccccc1)NC(=O)c1ccccc1)CC(=O)N1CC2(CC1C(=O)O)SCCS2. The van der Waals surface area contributed by atoms with Gasteiger partial charge in [-0.2, -0.15) is 0 Å². The van der Waals surface area contributed by atoms with Gasteiger partial charge < -0.3 is 15.3 Å². The first-order chi connectivity index (χ1) is 17.8. The number of carboxylic acids is 1. The monoisotopic (exact) mass is 541 g/mol. The summed E-state index contributed by atoms with van der Waals surface area (Å²) in [6.45, 7) is 0.258. The van der Waals surface area contributed by atoms with E-state index in [1.165, 1.54) is 4.90 Å². The maximum absolute atomic E-state index is 13.3. The Hall–Kier alpha value is -2.82. The molecule has 0 saturated carbocycles. The molecule has 2 aromatic carbocycles. The Morgan fingerprint density at radius 2 is 1.65 bits per heavy atom. The van der Waals surface area contributed by atoms with Crippen LogP contribution < -0.4 is 5.32 Å². The van der Waals surface area contributed by atoms with E-state index >= 15 is 0 Å². The molecule has 2 fully saturated rings. The number of nitrogens with zero attached hydrogens (tertiary/aromatic N) is 2. The molecule has 2 aliphatic rings. The highest BCUT2D eigenvalue weighted by atomic mass is 32.2. The largest absolute Gasteiger partial charge is 0.480 e. The topological polar surface area (TPSA) is 107 Å². The molecular formula is C27H31N3O5S2. The summed E-state index contributed by atoms with van der Waals surface area (Å²) >= 11 is 3.46. The van der Waals surface area contributed by atoms with Gasteiger partial charge in [0.25, 0.3) is 5.91 Å². The number of likely N-dealkylation sites (tertiary alicyclic amines) is 1. The Morgan fingerprint density at radius 3 is 2.27 bits per heavy atom. The zero-order chi connectivity index (χ0) is 26.4. The van der Waals surface area contributed by atoms with Crippen molar-refractivity contribution in [3.8, 4) is 0 Å². The van der Waals surface area contributed by atoms with E-state index < -0.39 is 18.1 Å². The summed E-state index contributed by atoms with van der Waals surface area (Å²) in [6.07, 6.45) is 0.751. The molecule has 0 aromatic heterocycles. The van der Waals surface area contributed by atoms with Gasteiger partial charge in [0, 0.05) is 30.0 Å². The molecule has 10 heteroatoms. The van der Waals surface area contributed by atoms with Crippen LogP contribution in [0.4, 0.5) is 0 Å². The molecule has 2 unspecified atom stereocenters. The van der Waals surface area contributed by atoms with Gasteiger partial charge in [0.2, 0.25) is 5.91 Å². The van der Waals surface area contributed by atoms with Crippen molar-refractivity contribution < 1.29 is 24.3 Å². The lowest BCUT2D eigenvalue weighted by atomic mass is 10.0. The lowest BCUT2D eigenvalue weighted by Crippen LogP contribution is -2.49. The van der Waals surface area contributed by atoms with Gasteiger partial charge >= 0.3 is 5.97 Å². The van der Waals surface area contributed by atoms with Gasteiger partial charge in [-0.1, -0.05) is 48.5 Å². The molecule has 0 aliphatic carbocycles. The molecule has 2 aliphatic heterocycles. The van der Waals surface area contributed by atoms with Crippen molar-refractivity contribution in [2.75, 3.05) is 38.2 Å². The third-order valence-corrected chi connectivity index (χ3v) is 9.98. The average molecular weight is 542 g/mol. The van der Waals surface area contributed by atoms with E-state index in [1.807, 2.05) is 36.4 Å². The van der Waals surface area contributed by atoms with Crippen LogP contribution in [0.2, 0.25) is 0 Å². The standard InChI is InChI=1S/C27H31N3O5S2/c1-29(17-24(32)30-18-27(36-12-13-37-27)15-22(30)26(34)35)16-23(31)21(14-19-8-4-2-5-9-19)28-25(33)20-10-6-3-7-11-20/h2-11,21-22H,12-18H2,1H3,(H,28,33)(H,34,35). The highest BCUT2D eigenvalue weighted by molar-refractivity contribution is 8.21. The fourth-order valence-electron chi connectivity index (χ4n) is 4.71. The normalized spacial score (nSPS) is 19.2. The minimum Gasteiger partial charge on any atom is -0.480 e. The van der Waals surface area contributed by atoms with E-state index in [4.69, 9.17) is 0 Å². The number of ketones is 1. The molecule has 2 aromatic rings. The number of nitrogens with one attached hydrogen (secondary N) is 1. The lowest BCUT2D eigenvalue weighted by molar-refractivity contribution is -0.148. The van der Waals surface area contributed by atoms with Crippen molar-refractivity contribution in [2.45, 2.75) is 29.0 Å². The Labute approximate surface area is 225 Å². The van der Waals surface area contributed by atoms with Crippen molar-refractivity contribution in [1.29, 1.82) is 0 Å². The van der Waals surface area contributed by atoms with Gasteiger partial charge in [0.1, 0.15) is 6.04 Å². The van der Waals surface area contributed by atoms with E-state index in [1.54, 1.807) is 59.7 Å². The summed E-state index contributed by atoms with van der Waals surface area (Å²) in [6, 6.07) is 16.5. The number of carboxylic acid groups (broad SMARTS) is 1. The van der Waals surface area contributed by atoms with Gasteiger partial charge in [-0.05, 0) is 31.2 Å². The summed E-state index contributed by atoms with van der Waals surface area (Å²) in [4.78, 5) is 54.2. The van der Waals surface area contributed by atoms with Gasteiger partial charge in [0.05, 0.1) is 23.2 Å². The highest BCUT2D eigenvalue weighted by Gasteiger charge is 2.51. The molecule has 2 N–H and O–H groups in total. The molecule has 2 atom stereocenters. The van der Waals surface area contributed by atoms with Crippen LogP contribution in [0.3, 0.4) is 0 Å². The molecule has 0 bridgehead atoms. The number of rotatable bonds is 10. The molecule has 8 nitrogen and oxygen atoms in total. The quantitative estimate of drug-likeness (QED) is 0.472. The predicted octanol–water partition coefficient (Wildman–Crippen LogP) is 2.39. The first-order valence-electron chi connectivity index (χ1n) is 12.2. The minimum absolute atomic E-state index is 0.0570. The minimum atomic E-state index is -0.997. The first kappa shape index (κ1) is 27.2. The molecule has 2 heterocycles. The third kappa shape index (κ3) is 6.94. The van der Waals surface area contributed by atoms with Crippen LogP contribution in [0, 0.1) is 0 Å². The maximum atomic E-state index is 13.3. The maximum Gasteiger partial charge on any atom is 0.326 e. The van der Waals surface area contributed by atoms with Crippen LogP contribution in [0.5, 0.6) is 0 Å². The zero-order valence-corrected chi connectivity index (χ0v) is 22.3. The molecule has 196 valence electrons. The number of likely N-dealkylation sites (N-methyl/N-ethyl adjacent to an activating group) is 1. The fraction of sp³-hybridized carbons (Fsp3) is 0.407. The predicted molar refractivity (Wildman–Crippen MR) is 146 cm³/mol. The summed E-state index contributed by atoms with van der Waals surface area (Å²) in [5, 5.41) is 12.6. The van der Waals surface area contributed by atoms with Gasteiger partial charge in [-0.25, -0.2) is 4.79 Å². The number of carbonyl (C=O) groups excluding carboxylic acids is 3. The van der Waals surface area contributed by atoms with E-state index in [0.717, 1.165) is 17.1 Å². The Kier molecular flexibility index (Phi) is 8.94. The summed E-state index contributed by atoms with van der Waals surface area (Å²) in [5.41, 5.74) is 1.37. The average Bonchev–Trinajstić information content (AvgIpc) is 3.51. The number of benzene rings is 2. The number of Topliss-reactive ketones (excluding diaryl/α,β-unsaturated/α-hetero) is 1. The highest BCUT2D eigenvalue weighted by Crippen LogP contribution is 2.51. The van der Waals surface area contributed by atoms with E-state index in [9.17, 15) is 24.3 Å². The third-order valence-electron chi connectivity index (χ3n) is 6.55. The van der Waals surface area contributed by atoms with Crippen molar-refractivity contribution in [3.05, 3.63) is 71.8 Å². The van der Waals surface area contributed by atoms with E-state index in [-0.39, 0.29) is 34.8 Å². The van der Waals surface area contributed by atoms with E-state index in [0.29, 0.717) is 24.9 Å². The second-order valence-electron chi connectivity index (χ2n) is 9.41. The first-order valence-corrected chi connectivity index (χ1v) is 14.1. The number of amides is 2. The second-order valence-corrected chi connectivity index (χ2v) is 12.6. The van der Waals surface area contributed by atoms with Crippen LogP contribution in [-0.4, -0.2) is 92.8 Å².